The molecular formula is C23H24F2N4O3. The Kier molecular flexibility index (Phi) is 6.09. The van der Waals surface area contributed by atoms with Gasteiger partial charge in [-0.1, -0.05) is 54.6 Å². The second kappa shape index (κ2) is 8.96. The van der Waals surface area contributed by atoms with Crippen molar-refractivity contribution in [3.8, 4) is 0 Å². The average molecular weight is 442 g/mol. The highest BCUT2D eigenvalue weighted by atomic mass is 19.3. The molecule has 0 bridgehead atoms. The van der Waals surface area contributed by atoms with Crippen LogP contribution >= 0.6 is 0 Å². The number of aromatic nitrogens is 2. The summed E-state index contributed by atoms with van der Waals surface area (Å²) in [5.41, 5.74) is 0.829. The third-order valence-electron chi connectivity index (χ3n) is 5.66. The van der Waals surface area contributed by atoms with Crippen LogP contribution in [0.4, 0.5) is 20.3 Å². The van der Waals surface area contributed by atoms with Crippen molar-refractivity contribution in [3.05, 3.63) is 92.1 Å². The van der Waals surface area contributed by atoms with Gasteiger partial charge < -0.3 is 14.9 Å². The van der Waals surface area contributed by atoms with Crippen LogP contribution in [0, 0.1) is 0 Å². The highest BCUT2D eigenvalue weighted by molar-refractivity contribution is 5.74. The summed E-state index contributed by atoms with van der Waals surface area (Å²) in [5.74, 6) is 0.436. The van der Waals surface area contributed by atoms with Crippen LogP contribution in [0.1, 0.15) is 35.7 Å². The van der Waals surface area contributed by atoms with Crippen LogP contribution < -0.4 is 21.0 Å². The average Bonchev–Trinajstić information content (AvgIpc) is 3.11. The van der Waals surface area contributed by atoms with Crippen molar-refractivity contribution < 1.29 is 13.9 Å². The number of anilines is 2. The van der Waals surface area contributed by atoms with Gasteiger partial charge in [0, 0.05) is 32.3 Å². The third-order valence-corrected chi connectivity index (χ3v) is 5.66. The fourth-order valence-corrected chi connectivity index (χ4v) is 4.18. The molecule has 0 saturated carbocycles. The number of nitrogens with one attached hydrogen (secondary N) is 1. The molecule has 1 aromatic heterocycles. The summed E-state index contributed by atoms with van der Waals surface area (Å²) >= 11 is 0. The molecule has 4 rings (SSSR count). The largest absolute Gasteiger partial charge is 0.396 e. The SMILES string of the molecule is Cn1c2c(c(=O)[nH]c1=O)N(Cc1ccccc1)C(c1ccc(C(F)F)cc1)N2CCCO. The molecule has 0 amide bonds. The summed E-state index contributed by atoms with van der Waals surface area (Å²) < 4.78 is 27.6. The Morgan fingerprint density at radius 2 is 1.72 bits per heavy atom. The quantitative estimate of drug-likeness (QED) is 0.588. The molecule has 1 aliphatic rings. The van der Waals surface area contributed by atoms with Gasteiger partial charge in [0.2, 0.25) is 0 Å². The van der Waals surface area contributed by atoms with E-state index in [1.165, 1.54) is 16.7 Å². The topological polar surface area (TPSA) is 81.6 Å². The Labute approximate surface area is 183 Å². The van der Waals surface area contributed by atoms with Gasteiger partial charge in [-0.15, -0.1) is 0 Å². The Balaban J connectivity index is 1.89. The smallest absolute Gasteiger partial charge is 0.329 e. The summed E-state index contributed by atoms with van der Waals surface area (Å²) in [7, 11) is 1.58. The van der Waals surface area contributed by atoms with Gasteiger partial charge in [-0.25, -0.2) is 13.6 Å². The van der Waals surface area contributed by atoms with Gasteiger partial charge in [-0.05, 0) is 17.5 Å². The lowest BCUT2D eigenvalue weighted by Crippen LogP contribution is -2.37. The first-order valence-corrected chi connectivity index (χ1v) is 10.3. The molecule has 2 heterocycles. The minimum atomic E-state index is -2.58. The van der Waals surface area contributed by atoms with Gasteiger partial charge in [0.25, 0.3) is 12.0 Å². The summed E-state index contributed by atoms with van der Waals surface area (Å²) in [6, 6.07) is 15.5. The first kappa shape index (κ1) is 21.8. The Morgan fingerprint density at radius 1 is 1.03 bits per heavy atom. The Hall–Kier alpha value is -3.46. The van der Waals surface area contributed by atoms with Crippen molar-refractivity contribution >= 4 is 11.5 Å². The van der Waals surface area contributed by atoms with Crippen molar-refractivity contribution in [2.75, 3.05) is 23.0 Å². The van der Waals surface area contributed by atoms with Gasteiger partial charge in [-0.2, -0.15) is 0 Å². The zero-order valence-corrected chi connectivity index (χ0v) is 17.5. The molecule has 0 aliphatic carbocycles. The number of H-pyrrole nitrogens is 1. The lowest BCUT2D eigenvalue weighted by atomic mass is 10.1. The minimum absolute atomic E-state index is 0.0707. The van der Waals surface area contributed by atoms with Crippen LogP contribution in [0.2, 0.25) is 0 Å². The van der Waals surface area contributed by atoms with E-state index in [4.69, 9.17) is 0 Å². The standard InChI is InChI=1S/C23H24F2N4O3/c1-27-22-18(20(31)26-23(27)32)29(14-15-6-3-2-4-7-15)21(28(22)12-5-13-30)17-10-8-16(9-11-17)19(24)25/h2-4,6-11,19,21,30H,5,12-14H2,1H3,(H,26,31,32). The number of aromatic amines is 1. The van der Waals surface area contributed by atoms with Crippen LogP contribution in [0.15, 0.2) is 64.2 Å². The molecular weight excluding hydrogens is 418 g/mol. The van der Waals surface area contributed by atoms with E-state index < -0.39 is 23.8 Å². The number of hydrogen-bond acceptors (Lipinski definition) is 5. The number of benzene rings is 2. The van der Waals surface area contributed by atoms with Crippen LogP contribution in [0.3, 0.4) is 0 Å². The molecule has 1 atom stereocenters. The number of nitrogens with zero attached hydrogens (tertiary/aromatic N) is 3. The highest BCUT2D eigenvalue weighted by Gasteiger charge is 2.40. The van der Waals surface area contributed by atoms with Gasteiger partial charge in [0.05, 0.1) is 0 Å². The second-order valence-corrected chi connectivity index (χ2v) is 7.72. The van der Waals surface area contributed by atoms with Crippen LogP contribution in [0.5, 0.6) is 0 Å². The van der Waals surface area contributed by atoms with Gasteiger partial charge in [-0.3, -0.25) is 14.3 Å². The number of fused-ring (bicyclic) bond motifs is 1. The molecule has 1 unspecified atom stereocenters. The van der Waals surface area contributed by atoms with Crippen LogP contribution in [0.25, 0.3) is 0 Å². The van der Waals surface area contributed by atoms with E-state index in [9.17, 15) is 23.5 Å². The predicted octanol–water partition coefficient (Wildman–Crippen LogP) is 2.92. The van der Waals surface area contributed by atoms with Gasteiger partial charge >= 0.3 is 5.69 Å². The van der Waals surface area contributed by atoms with E-state index in [1.807, 2.05) is 40.1 Å². The Bertz CT molecular complexity index is 1190. The third kappa shape index (κ3) is 3.91. The van der Waals surface area contributed by atoms with Gasteiger partial charge in [0.15, 0.2) is 0 Å². The summed E-state index contributed by atoms with van der Waals surface area (Å²) in [6.45, 7) is 0.664. The van der Waals surface area contributed by atoms with E-state index in [2.05, 4.69) is 4.98 Å². The molecule has 3 aromatic rings. The summed E-state index contributed by atoms with van der Waals surface area (Å²) in [4.78, 5) is 31.4. The summed E-state index contributed by atoms with van der Waals surface area (Å²) in [6.07, 6.45) is -2.69. The molecule has 7 nitrogen and oxygen atoms in total. The molecule has 0 saturated heterocycles. The molecule has 0 fully saturated rings. The van der Waals surface area contributed by atoms with E-state index in [-0.39, 0.29) is 12.2 Å². The van der Waals surface area contributed by atoms with Crippen LogP contribution in [-0.4, -0.2) is 27.8 Å². The van der Waals surface area contributed by atoms with Crippen molar-refractivity contribution in [1.29, 1.82) is 0 Å². The zero-order valence-electron chi connectivity index (χ0n) is 17.5. The Morgan fingerprint density at radius 3 is 2.34 bits per heavy atom. The van der Waals surface area contributed by atoms with Crippen molar-refractivity contribution in [3.63, 3.8) is 0 Å². The monoisotopic (exact) mass is 442 g/mol. The molecule has 9 heteroatoms. The summed E-state index contributed by atoms with van der Waals surface area (Å²) in [5, 5.41) is 9.45. The molecule has 32 heavy (non-hydrogen) atoms. The van der Waals surface area contributed by atoms with Crippen molar-refractivity contribution in [2.45, 2.75) is 25.6 Å². The fraction of sp³-hybridized carbons (Fsp3) is 0.304. The minimum Gasteiger partial charge on any atom is -0.396 e. The molecule has 168 valence electrons. The van der Waals surface area contributed by atoms with E-state index >= 15 is 0 Å². The fourth-order valence-electron chi connectivity index (χ4n) is 4.18. The van der Waals surface area contributed by atoms with Crippen LogP contribution in [-0.2, 0) is 13.6 Å². The van der Waals surface area contributed by atoms with Crippen molar-refractivity contribution in [2.24, 2.45) is 7.05 Å². The maximum Gasteiger partial charge on any atom is 0.329 e. The normalized spacial score (nSPS) is 15.5. The number of hydrogen-bond donors (Lipinski definition) is 2. The lowest BCUT2D eigenvalue weighted by Gasteiger charge is -2.33. The predicted molar refractivity (Wildman–Crippen MR) is 118 cm³/mol. The van der Waals surface area contributed by atoms with Crippen molar-refractivity contribution in [1.82, 2.24) is 9.55 Å². The number of alkyl halides is 2. The van der Waals surface area contributed by atoms with E-state index in [1.54, 1.807) is 19.2 Å². The number of aliphatic hydroxyl groups is 1. The van der Waals surface area contributed by atoms with E-state index in [0.717, 1.165) is 5.56 Å². The highest BCUT2D eigenvalue weighted by Crippen LogP contribution is 2.44. The number of aliphatic hydroxyl groups excluding tert-OH is 1. The molecule has 0 spiro atoms. The molecule has 2 aromatic carbocycles. The first-order chi connectivity index (χ1) is 15.4. The zero-order chi connectivity index (χ0) is 22.8. The maximum absolute atomic E-state index is 13.1. The lowest BCUT2D eigenvalue weighted by molar-refractivity contribution is 0.151. The molecule has 1 aliphatic heterocycles. The first-order valence-electron chi connectivity index (χ1n) is 10.3. The van der Waals surface area contributed by atoms with E-state index in [0.29, 0.717) is 36.6 Å². The maximum atomic E-state index is 13.1. The van der Waals surface area contributed by atoms with Gasteiger partial charge in [0.1, 0.15) is 17.7 Å². The second-order valence-electron chi connectivity index (χ2n) is 7.72. The molecule has 0 radical (unpaired) electrons. The number of halogens is 2. The number of rotatable bonds is 7. The molecule has 2 N–H and O–H groups in total.